The van der Waals surface area contributed by atoms with Crippen molar-refractivity contribution in [1.82, 2.24) is 4.90 Å². The Balaban J connectivity index is 1.47. The topological polar surface area (TPSA) is 62.9 Å². The van der Waals surface area contributed by atoms with Crippen LogP contribution in [0.2, 0.25) is 0 Å². The second-order valence-corrected chi connectivity index (χ2v) is 8.45. The number of rotatable bonds is 4. The predicted octanol–water partition coefficient (Wildman–Crippen LogP) is 5.49. The van der Waals surface area contributed by atoms with Gasteiger partial charge in [0.05, 0.1) is 15.6 Å². The summed E-state index contributed by atoms with van der Waals surface area (Å²) in [6.07, 6.45) is 3.17. The van der Waals surface area contributed by atoms with E-state index in [0.717, 1.165) is 35.3 Å². The molecule has 1 aromatic heterocycles. The largest absolute Gasteiger partial charge is 0.450 e. The van der Waals surface area contributed by atoms with Gasteiger partial charge in [0.25, 0.3) is 11.1 Å². The Morgan fingerprint density at radius 2 is 2.11 bits per heavy atom. The molecule has 2 amide bonds. The van der Waals surface area contributed by atoms with Crippen LogP contribution in [0.3, 0.4) is 0 Å². The van der Waals surface area contributed by atoms with Crippen molar-refractivity contribution in [2.24, 2.45) is 4.99 Å². The van der Waals surface area contributed by atoms with E-state index >= 15 is 0 Å². The Morgan fingerprint density at radius 3 is 2.89 bits per heavy atom. The maximum absolute atomic E-state index is 12.5. The van der Waals surface area contributed by atoms with Crippen LogP contribution < -0.4 is 0 Å². The lowest BCUT2D eigenvalue weighted by atomic mass is 10.2. The van der Waals surface area contributed by atoms with Crippen LogP contribution in [0.25, 0.3) is 6.08 Å². The van der Waals surface area contributed by atoms with Crippen LogP contribution in [0.15, 0.2) is 55.8 Å². The van der Waals surface area contributed by atoms with Crippen LogP contribution in [-0.2, 0) is 11.2 Å². The number of benzene rings is 1. The number of fused-ring (bicyclic) bond motifs is 1. The highest BCUT2D eigenvalue weighted by molar-refractivity contribution is 8.18. The van der Waals surface area contributed by atoms with E-state index in [1.165, 1.54) is 22.2 Å². The van der Waals surface area contributed by atoms with Crippen LogP contribution in [0.1, 0.15) is 31.6 Å². The van der Waals surface area contributed by atoms with Crippen molar-refractivity contribution >= 4 is 51.5 Å². The molecule has 3 heterocycles. The molecule has 138 valence electrons. The van der Waals surface area contributed by atoms with Gasteiger partial charge in [0, 0.05) is 18.5 Å². The molecule has 4 rings (SSSR count). The zero-order chi connectivity index (χ0) is 19.0. The molecule has 1 fully saturated rings. The van der Waals surface area contributed by atoms with Gasteiger partial charge in [-0.1, -0.05) is 25.1 Å². The second kappa shape index (κ2) is 7.40. The first-order valence-electron chi connectivity index (χ1n) is 8.75. The fourth-order valence-electron chi connectivity index (χ4n) is 2.92. The molecule has 2 aliphatic heterocycles. The third-order valence-corrected chi connectivity index (χ3v) is 6.30. The highest BCUT2D eigenvalue weighted by atomic mass is 32.2. The standard InChI is InChI=1S/C20H18N2O3S2/c1-3-12(2)22-19(23)16(26-20(22)24)11-14-8-9-18(25-14)27-17-10-13-6-4-5-7-15(13)21-17/h4-9,11-12H,3,10H2,1-2H3. The quantitative estimate of drug-likeness (QED) is 0.637. The second-order valence-electron chi connectivity index (χ2n) is 6.38. The number of carbonyl (C=O) groups is 2. The molecule has 0 bridgehead atoms. The first kappa shape index (κ1) is 18.1. The molecule has 2 aromatic rings. The normalized spacial score (nSPS) is 19.0. The minimum atomic E-state index is -0.249. The van der Waals surface area contributed by atoms with Crippen LogP contribution in [0.4, 0.5) is 10.5 Å². The number of carbonyl (C=O) groups excluding carboxylic acids is 2. The van der Waals surface area contributed by atoms with Gasteiger partial charge in [-0.2, -0.15) is 0 Å². The summed E-state index contributed by atoms with van der Waals surface area (Å²) in [4.78, 5) is 30.9. The zero-order valence-electron chi connectivity index (χ0n) is 15.0. The molecule has 0 aliphatic carbocycles. The smallest absolute Gasteiger partial charge is 0.293 e. The molecule has 7 heteroatoms. The minimum absolute atomic E-state index is 0.104. The summed E-state index contributed by atoms with van der Waals surface area (Å²) in [5, 5.41) is 1.47. The van der Waals surface area contributed by atoms with Crippen LogP contribution in [0, 0.1) is 0 Å². The fraction of sp³-hybridized carbons (Fsp3) is 0.250. The van der Waals surface area contributed by atoms with Crippen molar-refractivity contribution in [2.75, 3.05) is 0 Å². The van der Waals surface area contributed by atoms with Crippen molar-refractivity contribution in [2.45, 2.75) is 37.8 Å². The Morgan fingerprint density at radius 1 is 1.30 bits per heavy atom. The number of amides is 2. The SMILES string of the molecule is CCC(C)N1C(=O)SC(=Cc2ccc(SC3=Nc4ccccc4C3)o2)C1=O. The average molecular weight is 399 g/mol. The van der Waals surface area contributed by atoms with E-state index in [2.05, 4.69) is 11.1 Å². The van der Waals surface area contributed by atoms with Gasteiger partial charge >= 0.3 is 0 Å². The Bertz CT molecular complexity index is 977. The Kier molecular flexibility index (Phi) is 4.97. The van der Waals surface area contributed by atoms with Crippen molar-refractivity contribution in [3.8, 4) is 0 Å². The molecular weight excluding hydrogens is 380 g/mol. The molecule has 1 aromatic carbocycles. The lowest BCUT2D eigenvalue weighted by Gasteiger charge is -2.19. The van der Waals surface area contributed by atoms with Gasteiger partial charge in [0.1, 0.15) is 5.76 Å². The van der Waals surface area contributed by atoms with Crippen LogP contribution in [0.5, 0.6) is 0 Å². The molecule has 5 nitrogen and oxygen atoms in total. The number of thioether (sulfide) groups is 2. The van der Waals surface area contributed by atoms with E-state index in [-0.39, 0.29) is 17.2 Å². The van der Waals surface area contributed by atoms with Crippen molar-refractivity contribution in [1.29, 1.82) is 0 Å². The summed E-state index contributed by atoms with van der Waals surface area (Å²) in [5.41, 5.74) is 2.22. The monoisotopic (exact) mass is 398 g/mol. The van der Waals surface area contributed by atoms with Crippen molar-refractivity contribution in [3.05, 3.63) is 52.6 Å². The van der Waals surface area contributed by atoms with Gasteiger partial charge in [-0.15, -0.1) is 0 Å². The minimum Gasteiger partial charge on any atom is -0.450 e. The number of hydrogen-bond donors (Lipinski definition) is 0. The van der Waals surface area contributed by atoms with Gasteiger partial charge in [-0.05, 0) is 60.6 Å². The summed E-state index contributed by atoms with van der Waals surface area (Å²) in [7, 11) is 0. The van der Waals surface area contributed by atoms with E-state index in [9.17, 15) is 9.59 Å². The van der Waals surface area contributed by atoms with E-state index in [1.54, 1.807) is 6.08 Å². The van der Waals surface area contributed by atoms with E-state index in [1.807, 2.05) is 44.2 Å². The Hall–Kier alpha value is -2.25. The zero-order valence-corrected chi connectivity index (χ0v) is 16.6. The molecule has 2 aliphatic rings. The summed E-state index contributed by atoms with van der Waals surface area (Å²) in [5.74, 6) is 0.309. The molecule has 27 heavy (non-hydrogen) atoms. The van der Waals surface area contributed by atoms with Crippen LogP contribution >= 0.6 is 23.5 Å². The van der Waals surface area contributed by atoms with Gasteiger partial charge in [-0.25, -0.2) is 4.99 Å². The summed E-state index contributed by atoms with van der Waals surface area (Å²) < 4.78 is 5.82. The molecule has 0 saturated carbocycles. The summed E-state index contributed by atoms with van der Waals surface area (Å²) >= 11 is 2.44. The molecule has 0 N–H and O–H groups in total. The van der Waals surface area contributed by atoms with Crippen molar-refractivity contribution < 1.29 is 14.0 Å². The molecule has 0 radical (unpaired) electrons. The summed E-state index contributed by atoms with van der Waals surface area (Å²) in [6, 6.07) is 11.6. The fourth-order valence-corrected chi connectivity index (χ4v) is 4.71. The first-order valence-corrected chi connectivity index (χ1v) is 10.4. The highest BCUT2D eigenvalue weighted by Crippen LogP contribution is 2.36. The number of imide groups is 1. The Labute approximate surface area is 165 Å². The highest BCUT2D eigenvalue weighted by Gasteiger charge is 2.37. The lowest BCUT2D eigenvalue weighted by Crippen LogP contribution is -2.36. The molecule has 1 saturated heterocycles. The number of para-hydroxylation sites is 1. The van der Waals surface area contributed by atoms with Crippen LogP contribution in [-0.4, -0.2) is 27.1 Å². The number of hydrogen-bond acceptors (Lipinski definition) is 6. The third kappa shape index (κ3) is 3.61. The number of nitrogens with zero attached hydrogens (tertiary/aromatic N) is 2. The molecule has 1 atom stereocenters. The third-order valence-electron chi connectivity index (χ3n) is 4.53. The van der Waals surface area contributed by atoms with Gasteiger partial charge in [-0.3, -0.25) is 14.5 Å². The molecule has 1 unspecified atom stereocenters. The van der Waals surface area contributed by atoms with Crippen molar-refractivity contribution in [3.63, 3.8) is 0 Å². The first-order chi connectivity index (χ1) is 13.0. The van der Waals surface area contributed by atoms with Gasteiger partial charge in [0.15, 0.2) is 5.09 Å². The average Bonchev–Trinajstić information content (AvgIpc) is 3.33. The van der Waals surface area contributed by atoms with Gasteiger partial charge < -0.3 is 4.42 Å². The maximum atomic E-state index is 12.5. The van der Waals surface area contributed by atoms with E-state index in [0.29, 0.717) is 15.8 Å². The van der Waals surface area contributed by atoms with E-state index < -0.39 is 0 Å². The van der Waals surface area contributed by atoms with Gasteiger partial charge in [0.2, 0.25) is 0 Å². The number of furan rings is 1. The van der Waals surface area contributed by atoms with E-state index in [4.69, 9.17) is 4.42 Å². The predicted molar refractivity (Wildman–Crippen MR) is 109 cm³/mol. The molecular formula is C20H18N2O3S2. The lowest BCUT2D eigenvalue weighted by molar-refractivity contribution is -0.124. The summed E-state index contributed by atoms with van der Waals surface area (Å²) in [6.45, 7) is 3.83. The maximum Gasteiger partial charge on any atom is 0.293 e. The number of aliphatic imine (C=N–C) groups is 1. The molecule has 0 spiro atoms.